The Balaban J connectivity index is 2.31. The van der Waals surface area contributed by atoms with Gasteiger partial charge in [0.15, 0.2) is 0 Å². The highest BCUT2D eigenvalue weighted by Crippen LogP contribution is 2.31. The molecule has 0 bridgehead atoms. The number of aryl methyl sites for hydroxylation is 1. The number of hydrogen-bond acceptors (Lipinski definition) is 2. The van der Waals surface area contributed by atoms with Gasteiger partial charge < -0.3 is 10.1 Å². The van der Waals surface area contributed by atoms with Crippen LogP contribution in [0.1, 0.15) is 30.5 Å². The molecule has 0 spiro atoms. The van der Waals surface area contributed by atoms with Crippen LogP contribution in [0.4, 0.5) is 0 Å². The summed E-state index contributed by atoms with van der Waals surface area (Å²) in [7, 11) is 0. The number of rotatable bonds is 4. The first kappa shape index (κ1) is 12.7. The van der Waals surface area contributed by atoms with Crippen LogP contribution in [0.2, 0.25) is 0 Å². The average molecular weight is 296 g/mol. The molecule has 3 heteroatoms. The van der Waals surface area contributed by atoms with Crippen molar-refractivity contribution < 1.29 is 4.74 Å². The summed E-state index contributed by atoms with van der Waals surface area (Å²) in [6.45, 7) is 5.94. The number of nitrogens with one attached hydrogen (secondary N) is 1. The minimum absolute atomic E-state index is 0.164. The fourth-order valence-electron chi connectivity index (χ4n) is 2.07. The summed E-state index contributed by atoms with van der Waals surface area (Å²) in [6.07, 6.45) is 3.19. The second kappa shape index (κ2) is 5.69. The molecule has 1 N–H and O–H groups in total. The van der Waals surface area contributed by atoms with Crippen LogP contribution < -0.4 is 5.32 Å². The topological polar surface area (TPSA) is 21.3 Å². The van der Waals surface area contributed by atoms with Crippen LogP contribution >= 0.6 is 15.9 Å². The van der Waals surface area contributed by atoms with E-state index in [-0.39, 0.29) is 6.04 Å². The molecule has 0 amide bonds. The summed E-state index contributed by atoms with van der Waals surface area (Å²) in [5.41, 5.74) is 2.50. The fourth-order valence-corrected chi connectivity index (χ4v) is 2.79. The van der Waals surface area contributed by atoms with E-state index in [0.717, 1.165) is 29.8 Å². The SMILES string of the molecule is CCNC(C1=CCCO1)c1ccc(C)cc1Br. The van der Waals surface area contributed by atoms with Gasteiger partial charge in [-0.2, -0.15) is 0 Å². The molecule has 1 unspecified atom stereocenters. The third kappa shape index (κ3) is 2.90. The number of hydrogen-bond donors (Lipinski definition) is 1. The van der Waals surface area contributed by atoms with Gasteiger partial charge >= 0.3 is 0 Å². The lowest BCUT2D eigenvalue weighted by Gasteiger charge is -2.21. The molecule has 0 radical (unpaired) electrons. The Hall–Kier alpha value is -0.800. The standard InChI is InChI=1S/C14H18BrNO/c1-3-16-14(13-5-4-8-17-13)11-7-6-10(2)9-12(11)15/h5-7,9,14,16H,3-4,8H2,1-2H3. The van der Waals surface area contributed by atoms with Crippen LogP contribution in [0.5, 0.6) is 0 Å². The largest absolute Gasteiger partial charge is 0.496 e. The van der Waals surface area contributed by atoms with Crippen LogP contribution in [0, 0.1) is 6.92 Å². The van der Waals surface area contributed by atoms with E-state index < -0.39 is 0 Å². The maximum Gasteiger partial charge on any atom is 0.114 e. The van der Waals surface area contributed by atoms with E-state index in [1.54, 1.807) is 0 Å². The predicted molar refractivity (Wildman–Crippen MR) is 73.9 cm³/mol. The molecule has 2 nitrogen and oxygen atoms in total. The monoisotopic (exact) mass is 295 g/mol. The molecule has 0 aromatic heterocycles. The van der Waals surface area contributed by atoms with E-state index in [0.29, 0.717) is 0 Å². The van der Waals surface area contributed by atoms with Gasteiger partial charge in [-0.05, 0) is 36.7 Å². The molecule has 1 atom stereocenters. The number of likely N-dealkylation sites (N-methyl/N-ethyl adjacent to an activating group) is 1. The van der Waals surface area contributed by atoms with E-state index in [1.165, 1.54) is 11.1 Å². The molecule has 1 aromatic rings. The molecular formula is C14H18BrNO. The minimum atomic E-state index is 0.164. The van der Waals surface area contributed by atoms with Crippen LogP contribution in [-0.2, 0) is 4.74 Å². The molecule has 0 saturated heterocycles. The van der Waals surface area contributed by atoms with Crippen molar-refractivity contribution in [3.8, 4) is 0 Å². The minimum Gasteiger partial charge on any atom is -0.496 e. The van der Waals surface area contributed by atoms with E-state index in [2.05, 4.69) is 59.4 Å². The third-order valence-corrected chi connectivity index (χ3v) is 3.58. The van der Waals surface area contributed by atoms with Gasteiger partial charge in [0, 0.05) is 10.9 Å². The van der Waals surface area contributed by atoms with Crippen LogP contribution in [0.25, 0.3) is 0 Å². The molecule has 1 aliphatic heterocycles. The first-order valence-electron chi connectivity index (χ1n) is 6.04. The number of benzene rings is 1. The van der Waals surface area contributed by atoms with Gasteiger partial charge in [-0.1, -0.05) is 35.0 Å². The Morgan fingerprint density at radius 2 is 2.29 bits per heavy atom. The molecule has 1 aromatic carbocycles. The Kier molecular flexibility index (Phi) is 4.24. The van der Waals surface area contributed by atoms with Crippen LogP contribution in [0.3, 0.4) is 0 Å². The Labute approximate surface area is 111 Å². The van der Waals surface area contributed by atoms with Crippen molar-refractivity contribution in [1.82, 2.24) is 5.32 Å². The molecule has 2 rings (SSSR count). The lowest BCUT2D eigenvalue weighted by Crippen LogP contribution is -2.23. The molecular weight excluding hydrogens is 278 g/mol. The van der Waals surface area contributed by atoms with Crippen molar-refractivity contribution in [2.45, 2.75) is 26.3 Å². The van der Waals surface area contributed by atoms with Crippen LogP contribution in [0.15, 0.2) is 34.5 Å². The first-order valence-corrected chi connectivity index (χ1v) is 6.84. The molecule has 17 heavy (non-hydrogen) atoms. The quantitative estimate of drug-likeness (QED) is 0.914. The zero-order valence-corrected chi connectivity index (χ0v) is 11.9. The van der Waals surface area contributed by atoms with Crippen molar-refractivity contribution in [2.24, 2.45) is 0 Å². The lowest BCUT2D eigenvalue weighted by atomic mass is 10.0. The van der Waals surface area contributed by atoms with Crippen molar-refractivity contribution in [1.29, 1.82) is 0 Å². The molecule has 1 aliphatic rings. The number of halogens is 1. The highest BCUT2D eigenvalue weighted by atomic mass is 79.9. The summed E-state index contributed by atoms with van der Waals surface area (Å²) in [4.78, 5) is 0. The van der Waals surface area contributed by atoms with Gasteiger partial charge in [-0.15, -0.1) is 0 Å². The Morgan fingerprint density at radius 1 is 1.47 bits per heavy atom. The second-order valence-corrected chi connectivity index (χ2v) is 5.11. The zero-order valence-electron chi connectivity index (χ0n) is 10.3. The molecule has 92 valence electrons. The fraction of sp³-hybridized carbons (Fsp3) is 0.429. The number of ether oxygens (including phenoxy) is 1. The lowest BCUT2D eigenvalue weighted by molar-refractivity contribution is 0.216. The molecule has 0 saturated carbocycles. The van der Waals surface area contributed by atoms with Gasteiger partial charge in [0.2, 0.25) is 0 Å². The maximum absolute atomic E-state index is 5.69. The molecule has 1 heterocycles. The van der Waals surface area contributed by atoms with Crippen molar-refractivity contribution in [2.75, 3.05) is 13.2 Å². The third-order valence-electron chi connectivity index (χ3n) is 2.89. The van der Waals surface area contributed by atoms with E-state index in [1.807, 2.05) is 0 Å². The van der Waals surface area contributed by atoms with Crippen molar-refractivity contribution in [3.05, 3.63) is 45.6 Å². The van der Waals surface area contributed by atoms with Crippen LogP contribution in [-0.4, -0.2) is 13.2 Å². The van der Waals surface area contributed by atoms with Gasteiger partial charge in [-0.3, -0.25) is 0 Å². The maximum atomic E-state index is 5.69. The van der Waals surface area contributed by atoms with E-state index >= 15 is 0 Å². The average Bonchev–Trinajstić information content (AvgIpc) is 2.80. The summed E-state index contributed by atoms with van der Waals surface area (Å²) in [5.74, 6) is 1.05. The van der Waals surface area contributed by atoms with Crippen molar-refractivity contribution in [3.63, 3.8) is 0 Å². The highest BCUT2D eigenvalue weighted by Gasteiger charge is 2.21. The first-order chi connectivity index (χ1) is 8.22. The zero-order chi connectivity index (χ0) is 12.3. The Bertz CT molecular complexity index is 428. The smallest absolute Gasteiger partial charge is 0.114 e. The summed E-state index contributed by atoms with van der Waals surface area (Å²) in [6, 6.07) is 6.61. The molecule has 0 fully saturated rings. The summed E-state index contributed by atoms with van der Waals surface area (Å²) >= 11 is 3.64. The highest BCUT2D eigenvalue weighted by molar-refractivity contribution is 9.10. The van der Waals surface area contributed by atoms with Gasteiger partial charge in [0.1, 0.15) is 5.76 Å². The molecule has 0 aliphatic carbocycles. The van der Waals surface area contributed by atoms with E-state index in [9.17, 15) is 0 Å². The van der Waals surface area contributed by atoms with Crippen molar-refractivity contribution >= 4 is 15.9 Å². The van der Waals surface area contributed by atoms with Gasteiger partial charge in [0.05, 0.1) is 12.6 Å². The second-order valence-electron chi connectivity index (χ2n) is 4.26. The summed E-state index contributed by atoms with van der Waals surface area (Å²) < 4.78 is 6.82. The summed E-state index contributed by atoms with van der Waals surface area (Å²) in [5, 5.41) is 3.48. The van der Waals surface area contributed by atoms with Gasteiger partial charge in [-0.25, -0.2) is 0 Å². The van der Waals surface area contributed by atoms with E-state index in [4.69, 9.17) is 4.74 Å². The Morgan fingerprint density at radius 3 is 2.88 bits per heavy atom. The normalized spacial score (nSPS) is 16.5. The predicted octanol–water partition coefficient (Wildman–Crippen LogP) is 3.71. The van der Waals surface area contributed by atoms with Gasteiger partial charge in [0.25, 0.3) is 0 Å².